The highest BCUT2D eigenvalue weighted by Crippen LogP contribution is 2.25. The lowest BCUT2D eigenvalue weighted by Crippen LogP contribution is -2.25. The maximum absolute atomic E-state index is 12.1. The Labute approximate surface area is 222 Å². The summed E-state index contributed by atoms with van der Waals surface area (Å²) in [5, 5.41) is 13.6. The van der Waals surface area contributed by atoms with Crippen LogP contribution in [0.2, 0.25) is 0 Å². The molecule has 0 bridgehead atoms. The molecule has 1 heterocycles. The van der Waals surface area contributed by atoms with Crippen LogP contribution in [0.1, 0.15) is 63.0 Å². The molecule has 0 aromatic heterocycles. The summed E-state index contributed by atoms with van der Waals surface area (Å²) in [6, 6.07) is 16.3. The van der Waals surface area contributed by atoms with Gasteiger partial charge in [0, 0.05) is 13.0 Å². The maximum atomic E-state index is 12.1. The smallest absolute Gasteiger partial charge is 0.306 e. The van der Waals surface area contributed by atoms with Gasteiger partial charge in [0.15, 0.2) is 0 Å². The average Bonchev–Trinajstić information content (AvgIpc) is 3.20. The zero-order chi connectivity index (χ0) is 26.6. The molecule has 2 unspecified atom stereocenters. The van der Waals surface area contributed by atoms with Crippen LogP contribution in [0.25, 0.3) is 11.1 Å². The predicted molar refractivity (Wildman–Crippen MR) is 146 cm³/mol. The molecule has 37 heavy (non-hydrogen) atoms. The predicted octanol–water partition coefficient (Wildman–Crippen LogP) is 5.36. The van der Waals surface area contributed by atoms with Crippen molar-refractivity contribution in [3.05, 3.63) is 59.7 Å². The molecule has 1 saturated heterocycles. The van der Waals surface area contributed by atoms with Crippen LogP contribution in [-0.4, -0.2) is 39.9 Å². The summed E-state index contributed by atoms with van der Waals surface area (Å²) >= 11 is 1.04. The van der Waals surface area contributed by atoms with Crippen LogP contribution in [0.4, 0.5) is 4.79 Å². The second-order valence-corrected chi connectivity index (χ2v) is 10.8. The highest BCUT2D eigenvalue weighted by atomic mass is 32.2. The van der Waals surface area contributed by atoms with E-state index in [4.69, 9.17) is 5.11 Å². The zero-order valence-electron chi connectivity index (χ0n) is 21.3. The highest BCUT2D eigenvalue weighted by molar-refractivity contribution is 8.15. The SMILES string of the molecule is CC(CCCCCCCC(=O)NCCc1cccc(-c2ccc(CC3SC(=O)NC3=O)cc2)c1)C(=O)O. The lowest BCUT2D eigenvalue weighted by atomic mass is 9.99. The minimum Gasteiger partial charge on any atom is -0.481 e. The molecule has 2 aromatic carbocycles. The fourth-order valence-electron chi connectivity index (χ4n) is 4.31. The molecule has 0 spiro atoms. The molecule has 7 nitrogen and oxygen atoms in total. The van der Waals surface area contributed by atoms with E-state index < -0.39 is 5.97 Å². The summed E-state index contributed by atoms with van der Waals surface area (Å²) in [5.74, 6) is -1.16. The molecular weight excluding hydrogens is 488 g/mol. The Morgan fingerprint density at radius 2 is 1.70 bits per heavy atom. The number of carbonyl (C=O) groups is 4. The van der Waals surface area contributed by atoms with E-state index in [0.29, 0.717) is 25.8 Å². The van der Waals surface area contributed by atoms with Gasteiger partial charge in [-0.2, -0.15) is 0 Å². The number of carbonyl (C=O) groups excluding carboxylic acids is 3. The number of aliphatic carboxylic acids is 1. The summed E-state index contributed by atoms with van der Waals surface area (Å²) < 4.78 is 0. The van der Waals surface area contributed by atoms with Crippen molar-refractivity contribution in [3.8, 4) is 11.1 Å². The molecule has 0 saturated carbocycles. The number of benzene rings is 2. The van der Waals surface area contributed by atoms with Gasteiger partial charge < -0.3 is 10.4 Å². The summed E-state index contributed by atoms with van der Waals surface area (Å²) in [5.41, 5.74) is 4.33. The number of rotatable bonds is 15. The van der Waals surface area contributed by atoms with Crippen molar-refractivity contribution in [2.75, 3.05) is 6.54 Å². The Kier molecular flexibility index (Phi) is 11.2. The van der Waals surface area contributed by atoms with E-state index in [1.165, 1.54) is 0 Å². The number of unbranched alkanes of at least 4 members (excludes halogenated alkanes) is 4. The van der Waals surface area contributed by atoms with E-state index >= 15 is 0 Å². The first kappa shape index (κ1) is 28.4. The van der Waals surface area contributed by atoms with E-state index in [2.05, 4.69) is 28.8 Å². The molecule has 1 aliphatic rings. The third-order valence-corrected chi connectivity index (χ3v) is 7.58. The lowest BCUT2D eigenvalue weighted by molar-refractivity contribution is -0.141. The molecule has 1 aliphatic heterocycles. The van der Waals surface area contributed by atoms with E-state index in [0.717, 1.165) is 72.5 Å². The number of hydrogen-bond acceptors (Lipinski definition) is 5. The largest absolute Gasteiger partial charge is 0.481 e. The monoisotopic (exact) mass is 524 g/mol. The van der Waals surface area contributed by atoms with Gasteiger partial charge in [0.2, 0.25) is 11.8 Å². The van der Waals surface area contributed by atoms with Crippen molar-refractivity contribution >= 4 is 34.8 Å². The van der Waals surface area contributed by atoms with Gasteiger partial charge in [0.25, 0.3) is 5.24 Å². The molecular formula is C29H36N2O5S. The number of carboxylic acids is 1. The third-order valence-electron chi connectivity index (χ3n) is 6.60. The van der Waals surface area contributed by atoms with Crippen molar-refractivity contribution in [3.63, 3.8) is 0 Å². The van der Waals surface area contributed by atoms with Gasteiger partial charge in [0.1, 0.15) is 0 Å². The molecule has 2 aromatic rings. The van der Waals surface area contributed by atoms with Crippen molar-refractivity contribution in [2.45, 2.75) is 70.0 Å². The highest BCUT2D eigenvalue weighted by Gasteiger charge is 2.31. The molecule has 3 amide bonds. The second kappa shape index (κ2) is 14.6. The van der Waals surface area contributed by atoms with Crippen LogP contribution < -0.4 is 10.6 Å². The van der Waals surface area contributed by atoms with Gasteiger partial charge in [-0.1, -0.05) is 92.9 Å². The number of hydrogen-bond donors (Lipinski definition) is 3. The topological polar surface area (TPSA) is 113 Å². The van der Waals surface area contributed by atoms with Crippen LogP contribution in [0, 0.1) is 5.92 Å². The van der Waals surface area contributed by atoms with E-state index in [1.807, 2.05) is 30.3 Å². The molecule has 3 rings (SSSR count). The summed E-state index contributed by atoms with van der Waals surface area (Å²) in [4.78, 5) is 46.1. The van der Waals surface area contributed by atoms with Gasteiger partial charge in [0.05, 0.1) is 11.2 Å². The van der Waals surface area contributed by atoms with Gasteiger partial charge in [-0.25, -0.2) is 0 Å². The number of nitrogens with one attached hydrogen (secondary N) is 2. The van der Waals surface area contributed by atoms with Crippen molar-refractivity contribution in [1.29, 1.82) is 0 Å². The minimum atomic E-state index is -0.732. The Balaban J connectivity index is 1.34. The van der Waals surface area contributed by atoms with Crippen molar-refractivity contribution in [1.82, 2.24) is 10.6 Å². The Hall–Kier alpha value is -3.13. The molecule has 1 fully saturated rings. The Bertz CT molecular complexity index is 1090. The van der Waals surface area contributed by atoms with Crippen LogP contribution >= 0.6 is 11.8 Å². The maximum Gasteiger partial charge on any atom is 0.306 e. The lowest BCUT2D eigenvalue weighted by Gasteiger charge is -2.09. The number of amides is 3. The molecule has 2 atom stereocenters. The zero-order valence-corrected chi connectivity index (χ0v) is 22.1. The summed E-state index contributed by atoms with van der Waals surface area (Å²) in [6.07, 6.45) is 7.31. The first-order chi connectivity index (χ1) is 17.8. The normalized spacial score (nSPS) is 15.9. The third kappa shape index (κ3) is 9.69. The summed E-state index contributed by atoms with van der Waals surface area (Å²) in [6.45, 7) is 2.33. The second-order valence-electron chi connectivity index (χ2n) is 9.63. The van der Waals surface area contributed by atoms with Crippen molar-refractivity contribution in [2.24, 2.45) is 5.92 Å². The van der Waals surface area contributed by atoms with Gasteiger partial charge in [-0.3, -0.25) is 24.5 Å². The molecule has 0 aliphatic carbocycles. The quantitative estimate of drug-likeness (QED) is 0.271. The van der Waals surface area contributed by atoms with Crippen LogP contribution in [0.15, 0.2) is 48.5 Å². The first-order valence-corrected chi connectivity index (χ1v) is 13.9. The number of thioether (sulfide) groups is 1. The van der Waals surface area contributed by atoms with E-state index in [-0.39, 0.29) is 28.2 Å². The van der Waals surface area contributed by atoms with Gasteiger partial charge in [-0.15, -0.1) is 0 Å². The number of imide groups is 1. The Morgan fingerprint density at radius 3 is 2.41 bits per heavy atom. The van der Waals surface area contributed by atoms with E-state index in [1.54, 1.807) is 6.92 Å². The average molecular weight is 525 g/mol. The Morgan fingerprint density at radius 1 is 0.973 bits per heavy atom. The fraction of sp³-hybridized carbons (Fsp3) is 0.448. The molecule has 198 valence electrons. The number of carboxylic acid groups (broad SMARTS) is 1. The van der Waals surface area contributed by atoms with Crippen LogP contribution in [-0.2, 0) is 27.2 Å². The molecule has 8 heteroatoms. The van der Waals surface area contributed by atoms with Crippen LogP contribution in [0.5, 0.6) is 0 Å². The fourth-order valence-corrected chi connectivity index (χ4v) is 5.17. The standard InChI is InChI=1S/C29H36N2O5S/c1-20(28(34)35)8-5-3-2-4-6-11-26(32)30-17-16-21-9-7-10-24(18-21)23-14-12-22(13-15-23)19-25-27(33)31-29(36)37-25/h7,9-10,12-15,18,20,25H,2-6,8,11,16-17,19H2,1H3,(H,30,32)(H,34,35)(H,31,33,36). The molecule has 0 radical (unpaired) electrons. The van der Waals surface area contributed by atoms with Gasteiger partial charge in [-0.05, 0) is 47.9 Å². The van der Waals surface area contributed by atoms with Crippen molar-refractivity contribution < 1.29 is 24.3 Å². The minimum absolute atomic E-state index is 0.0713. The molecule has 3 N–H and O–H groups in total. The first-order valence-electron chi connectivity index (χ1n) is 13.0. The van der Waals surface area contributed by atoms with Crippen LogP contribution in [0.3, 0.4) is 0 Å². The van der Waals surface area contributed by atoms with E-state index in [9.17, 15) is 19.2 Å². The summed E-state index contributed by atoms with van der Waals surface area (Å²) in [7, 11) is 0. The van der Waals surface area contributed by atoms with Gasteiger partial charge >= 0.3 is 5.97 Å².